The number of aromatic nitrogens is 6. The van der Waals surface area contributed by atoms with Crippen LogP contribution in [0.1, 0.15) is 177 Å². The molecule has 0 radical (unpaired) electrons. The van der Waals surface area contributed by atoms with Gasteiger partial charge in [0.2, 0.25) is 64.9 Å². The highest BCUT2D eigenvalue weighted by atomic mass is 32.2. The van der Waals surface area contributed by atoms with Gasteiger partial charge in [-0.3, -0.25) is 53.1 Å². The van der Waals surface area contributed by atoms with E-state index in [4.69, 9.17) is 40.9 Å². The zero-order valence-electron chi connectivity index (χ0n) is 82.7. The summed E-state index contributed by atoms with van der Waals surface area (Å²) in [6.45, 7) is 13.6. The number of ether oxygens (including phenoxy) is 1. The van der Waals surface area contributed by atoms with E-state index in [2.05, 4.69) is 99.1 Å². The molecular formula is C87H137N24O31P3S2. The predicted molar refractivity (Wildman–Crippen MR) is 555 cm³/mol. The summed E-state index contributed by atoms with van der Waals surface area (Å²) < 4.78 is 63.7. The number of carbonyl (C=O) groups excluding carboxylic acids is 1. The Balaban J connectivity index is 1.17. The van der Waals surface area contributed by atoms with Crippen molar-refractivity contribution in [2.24, 2.45) is 110 Å². The van der Waals surface area contributed by atoms with E-state index < -0.39 is 282 Å². The number of anilines is 1. The van der Waals surface area contributed by atoms with Gasteiger partial charge in [-0.25, -0.2) is 83.6 Å². The fourth-order valence-electron chi connectivity index (χ4n) is 14.5. The molecule has 3 aliphatic heterocycles. The third-order valence-corrected chi connectivity index (χ3v) is 28.8. The van der Waals surface area contributed by atoms with E-state index in [1.807, 2.05) is 13.8 Å². The van der Waals surface area contributed by atoms with E-state index in [-0.39, 0.29) is 131 Å². The van der Waals surface area contributed by atoms with Crippen LogP contribution in [-0.2, 0) is 58.7 Å². The SMILES string of the molecule is CCC(C)[C@H](N)C1=NCC(C(O)=N[C@@H](CC(C)C)C(O)=N[C@H](CCC(=O)SCCN=C(O)CCN=C(O)C(O)C(C)(C)COP(=O)(O)OP(=O)(O)OCC2OC(n3cnc4c(N)ncnc43)C(O)C2OP(=O)(O)O)C(O)=N[C@H](C(O)=N[C@H]2CCCCN=C(O)[C@H](CC(=N)O)N=C(O)[C@@H](CC(=O)O)N=C(O)[C@H](Cc3cnc[nH]3)N=C(O)[C@@H](Cc3ccccc3)N=C(O)[C@H]([C@@H](C)CC)N=C(O)[C@@H](CCCN)N=C2O)C(C)CC)S1. The molecule has 0 amide bonds. The lowest BCUT2D eigenvalue weighted by Gasteiger charge is -2.29. The van der Waals surface area contributed by atoms with Crippen LogP contribution in [0.4, 0.5) is 5.82 Å². The largest absolute Gasteiger partial charge is 0.497 e. The van der Waals surface area contributed by atoms with Gasteiger partial charge < -0.3 is 133 Å². The number of carboxylic acid groups (broad SMARTS) is 1. The molecule has 0 spiro atoms. The molecule has 60 heteroatoms. The average molecular weight is 2170 g/mol. The number of nitrogen functional groups attached to an aromatic ring is 1. The molecular weight excluding hydrogens is 2030 g/mol. The van der Waals surface area contributed by atoms with Crippen molar-refractivity contribution in [3.8, 4) is 0 Å². The molecule has 1 aromatic carbocycles. The number of nitrogens with one attached hydrogen (secondary N) is 2. The molecule has 3 aromatic heterocycles. The highest BCUT2D eigenvalue weighted by Gasteiger charge is 2.51. The minimum Gasteiger partial charge on any atom is -0.497 e. The van der Waals surface area contributed by atoms with E-state index >= 15 is 0 Å². The zero-order valence-corrected chi connectivity index (χ0v) is 87.0. The van der Waals surface area contributed by atoms with Gasteiger partial charge in [0.05, 0.1) is 69.4 Å². The number of hydrogen-bond donors (Lipinski definition) is 26. The number of aromatic amines is 1. The number of nitrogens with zero attached hydrogens (tertiary/aromatic N) is 19. The third-order valence-electron chi connectivity index (χ3n) is 23.5. The Hall–Kier alpha value is -11.0. The van der Waals surface area contributed by atoms with Crippen LogP contribution in [0.25, 0.3) is 11.2 Å². The second-order valence-electron chi connectivity index (χ2n) is 36.1. The van der Waals surface area contributed by atoms with Gasteiger partial charge in [-0.2, -0.15) is 4.31 Å². The van der Waals surface area contributed by atoms with E-state index in [0.29, 0.717) is 16.3 Å². The van der Waals surface area contributed by atoms with Gasteiger partial charge in [0, 0.05) is 55.3 Å². The lowest BCUT2D eigenvalue weighted by Crippen LogP contribution is -2.40. The van der Waals surface area contributed by atoms with E-state index in [1.54, 1.807) is 71.9 Å². The monoisotopic (exact) mass is 2170 g/mol. The average Bonchev–Trinajstić information content (AvgIpc) is 1.61. The van der Waals surface area contributed by atoms with Gasteiger partial charge >= 0.3 is 29.4 Å². The molecule has 3 aliphatic rings. The molecule has 1 saturated heterocycles. The number of hydrogen-bond acceptors (Lipinski definition) is 36. The topological polar surface area (TPSA) is 904 Å². The van der Waals surface area contributed by atoms with Gasteiger partial charge in [0.1, 0.15) is 102 Å². The van der Waals surface area contributed by atoms with Crippen molar-refractivity contribution < 1.29 is 152 Å². The van der Waals surface area contributed by atoms with Crippen molar-refractivity contribution in [1.29, 1.82) is 5.41 Å². The molecule has 4 aromatic rings. The Bertz CT molecular complexity index is 5610. The molecule has 29 N–H and O–H groups in total. The maximum atomic E-state index is 14.0. The van der Waals surface area contributed by atoms with Crippen molar-refractivity contribution in [1.82, 2.24) is 29.5 Å². The number of aliphatic imine (C=N–C) groups is 14. The standard InChI is InChI=1S/C87H137N24O31P3S2/c1-11-45(6)64(90)85-96-38-59(147-85)81(127)107-53(32-44(4)5)77(123)102-52(24-25-63(116)146-31-30-93-61(113)26-29-95-84(130)70(118)87(9,10)40-139-145(136,137)142-144(134,135)138-39-58-69(141-143(131,132)133)68(117)86(140-58)111-43-100-67-71(91)98-42-99-72(67)111)76(122)110-65(46(7)12-2)82(128)103-50-22-17-18-28-94-73(119)56(35-60(89)112)105-80(126)57(36-62(114)115)106-79(125)55(34-49-37-92-41-97-49)104-78(124)54(33-48-20-15-14-16-21-48)108-83(129)66(47(8)13-3)109-75(121)51(23-19-27-88)101-74(50)120/h14-16,20-21,37,41-47,50-59,64-66,68-70,86,117-118H,11-13,17-19,22-36,38-40,88,90H2,1-10H3,(H2,89,112)(H,92,97)(H,93,113)(H,94,119)(H,95,130)(H,101,120)(H,102,123)(H,103,128)(H,104,124)(H,105,126)(H,106,125)(H,107,127)(H,108,129)(H,109,121)(H,110,122)(H,114,115)(H,134,135)(H,136,137)(H2,91,98,99)(H2,131,132,133)/t45?,46?,47-,50-,51+,52+,53-,54+,55-,56-,57+,58?,59?,64-,65-,66-,68?,69?,70?,86?/m0/s1. The van der Waals surface area contributed by atoms with Crippen LogP contribution >= 0.6 is 47.0 Å². The number of thioether (sulfide) groups is 2. The van der Waals surface area contributed by atoms with Crippen LogP contribution in [0.5, 0.6) is 0 Å². The Labute approximate surface area is 854 Å². The summed E-state index contributed by atoms with van der Waals surface area (Å²) in [6, 6.07) is -8.05. The fraction of sp³-hybridized carbons (Fsp3) is 0.644. The summed E-state index contributed by atoms with van der Waals surface area (Å²) in [6.07, 6.45) is -7.41. The number of carboxylic acids is 1. The van der Waals surface area contributed by atoms with E-state index in [1.165, 1.54) is 38.1 Å². The molecule has 1 fully saturated rings. The smallest absolute Gasteiger partial charge is 0.481 e. The van der Waals surface area contributed by atoms with Crippen molar-refractivity contribution in [3.63, 3.8) is 0 Å². The quantitative estimate of drug-likeness (QED) is 0.00848. The lowest BCUT2D eigenvalue weighted by molar-refractivity contribution is -0.137. The Morgan fingerprint density at radius 1 is 0.714 bits per heavy atom. The van der Waals surface area contributed by atoms with E-state index in [9.17, 15) is 130 Å². The first-order chi connectivity index (χ1) is 69.2. The number of carbonyl (C=O) groups is 2. The summed E-state index contributed by atoms with van der Waals surface area (Å²) in [5.41, 5.74) is 17.5. The number of aliphatic hydroxyl groups excluding tert-OH is 16. The van der Waals surface area contributed by atoms with Crippen LogP contribution in [0.15, 0.2) is 125 Å². The number of aliphatic hydroxyl groups is 16. The van der Waals surface area contributed by atoms with Crippen molar-refractivity contribution in [2.75, 3.05) is 57.4 Å². The molecule has 147 heavy (non-hydrogen) atoms. The van der Waals surface area contributed by atoms with Gasteiger partial charge in [-0.1, -0.05) is 142 Å². The first-order valence-corrected chi connectivity index (χ1v) is 53.6. The van der Waals surface area contributed by atoms with Crippen LogP contribution in [0.3, 0.4) is 0 Å². The molecule has 0 bridgehead atoms. The minimum atomic E-state index is -5.73. The Kier molecular flexibility index (Phi) is 48.7. The summed E-state index contributed by atoms with van der Waals surface area (Å²) >= 11 is 1.93. The number of phosphoric ester groups is 3. The van der Waals surface area contributed by atoms with Crippen LogP contribution < -0.4 is 17.2 Å². The first-order valence-electron chi connectivity index (χ1n) is 47.2. The maximum Gasteiger partial charge on any atom is 0.481 e. The first kappa shape index (κ1) is 123. The van der Waals surface area contributed by atoms with Crippen molar-refractivity contribution in [3.05, 3.63) is 66.8 Å². The third kappa shape index (κ3) is 39.5. The van der Waals surface area contributed by atoms with Crippen molar-refractivity contribution in [2.45, 2.75) is 274 Å². The van der Waals surface area contributed by atoms with Crippen LogP contribution in [-0.4, -0.2) is 382 Å². The summed E-state index contributed by atoms with van der Waals surface area (Å²) in [5, 5.41) is 204. The minimum absolute atomic E-state index is 0.00516. The molecule has 0 saturated carbocycles. The normalized spacial score (nSPS) is 24.5. The van der Waals surface area contributed by atoms with E-state index in [0.717, 1.165) is 35.4 Å². The summed E-state index contributed by atoms with van der Waals surface area (Å²) in [7, 11) is -16.9. The molecule has 7 rings (SSSR count). The molecule has 55 nitrogen and oxygen atoms in total. The Morgan fingerprint density at radius 2 is 1.35 bits per heavy atom. The molecule has 818 valence electrons. The second-order valence-corrected chi connectivity index (χ2v) is 42.7. The maximum absolute atomic E-state index is 14.0. The van der Waals surface area contributed by atoms with Crippen molar-refractivity contribution >= 4 is 163 Å². The summed E-state index contributed by atoms with van der Waals surface area (Å²) in [5.74, 6) is -15.2. The number of imidazole rings is 2. The molecule has 6 heterocycles. The number of H-pyrrole nitrogens is 1. The number of phosphoric acid groups is 3. The molecule has 22 atom stereocenters. The van der Waals surface area contributed by atoms with Crippen LogP contribution in [0, 0.1) is 34.5 Å². The summed E-state index contributed by atoms with van der Waals surface area (Å²) in [4.78, 5) is 146. The molecule has 0 aliphatic carbocycles. The highest BCUT2D eigenvalue weighted by Crippen LogP contribution is 2.61. The molecule has 10 unspecified atom stereocenters. The number of aliphatic carboxylic acids is 1. The van der Waals surface area contributed by atoms with Gasteiger partial charge in [0.15, 0.2) is 40.5 Å². The van der Waals surface area contributed by atoms with Gasteiger partial charge in [-0.05, 0) is 80.7 Å². The number of rotatable bonds is 50. The fourth-order valence-corrected chi connectivity index (χ4v) is 19.2. The van der Waals surface area contributed by atoms with Crippen LogP contribution in [0.2, 0.25) is 0 Å². The zero-order chi connectivity index (χ0) is 109. The highest BCUT2D eigenvalue weighted by molar-refractivity contribution is 8.15. The number of nitrogens with two attached hydrogens (primary N) is 3. The number of benzene rings is 1. The number of fused-ring (bicyclic) bond motifs is 1. The Morgan fingerprint density at radius 3 is 1.98 bits per heavy atom. The predicted octanol–water partition coefficient (Wildman–Crippen LogP) is 8.89. The lowest BCUT2D eigenvalue weighted by atomic mass is 9.87. The second kappa shape index (κ2) is 58.3. The van der Waals surface area contributed by atoms with Gasteiger partial charge in [-0.15, -0.1) is 0 Å². The van der Waals surface area contributed by atoms with Gasteiger partial charge in [0.25, 0.3) is 0 Å².